The number of nitrogens with one attached hydrogen (secondary N) is 2. The van der Waals surface area contributed by atoms with Gasteiger partial charge in [0.1, 0.15) is 17.1 Å². The molecule has 0 aliphatic heterocycles. The van der Waals surface area contributed by atoms with Gasteiger partial charge in [-0.25, -0.2) is 4.98 Å². The molecule has 0 aliphatic rings. The number of aromatic nitrogens is 2. The number of H-pyrrole nitrogens is 1. The van der Waals surface area contributed by atoms with Crippen molar-refractivity contribution < 1.29 is 9.53 Å². The van der Waals surface area contributed by atoms with Crippen LogP contribution >= 0.6 is 0 Å². The Bertz CT molecular complexity index is 780. The van der Waals surface area contributed by atoms with E-state index in [1.807, 2.05) is 43.5 Å². The summed E-state index contributed by atoms with van der Waals surface area (Å²) in [6.45, 7) is 1.81. The zero-order valence-corrected chi connectivity index (χ0v) is 11.6. The standard InChI is InChI=1S/C16H15N3O2/c1-2-15(20)19-11-4-3-5-12(10-11)21-14-7-9-18-16-13(14)6-8-17-16/h3-10H,2H2,1H3,(H,17,18)(H,19,20). The quantitative estimate of drug-likeness (QED) is 0.766. The molecule has 2 N–H and O–H groups in total. The highest BCUT2D eigenvalue weighted by Crippen LogP contribution is 2.29. The minimum Gasteiger partial charge on any atom is -0.456 e. The molecule has 0 radical (unpaired) electrons. The molecule has 5 heteroatoms. The molecule has 0 bridgehead atoms. The maximum atomic E-state index is 11.4. The monoisotopic (exact) mass is 281 g/mol. The van der Waals surface area contributed by atoms with Gasteiger partial charge in [0.15, 0.2) is 0 Å². The normalized spacial score (nSPS) is 10.5. The summed E-state index contributed by atoms with van der Waals surface area (Å²) < 4.78 is 5.89. The summed E-state index contributed by atoms with van der Waals surface area (Å²) in [6, 6.07) is 11.1. The van der Waals surface area contributed by atoms with Crippen molar-refractivity contribution in [3.63, 3.8) is 0 Å². The summed E-state index contributed by atoms with van der Waals surface area (Å²) in [6.07, 6.45) is 3.96. The van der Waals surface area contributed by atoms with E-state index in [1.165, 1.54) is 0 Å². The van der Waals surface area contributed by atoms with Gasteiger partial charge in [0.2, 0.25) is 5.91 Å². The lowest BCUT2D eigenvalue weighted by atomic mass is 10.2. The van der Waals surface area contributed by atoms with Crippen LogP contribution in [0.25, 0.3) is 11.0 Å². The molecule has 106 valence electrons. The summed E-state index contributed by atoms with van der Waals surface area (Å²) in [7, 11) is 0. The number of nitrogens with zero attached hydrogens (tertiary/aromatic N) is 1. The molecular formula is C16H15N3O2. The number of aromatic amines is 1. The number of carbonyl (C=O) groups excluding carboxylic acids is 1. The third kappa shape index (κ3) is 2.86. The number of amides is 1. The predicted molar refractivity (Wildman–Crippen MR) is 81.5 cm³/mol. The molecule has 0 spiro atoms. The fourth-order valence-corrected chi connectivity index (χ4v) is 2.04. The van der Waals surface area contributed by atoms with E-state index in [-0.39, 0.29) is 5.91 Å². The van der Waals surface area contributed by atoms with Crippen LogP contribution in [0.4, 0.5) is 5.69 Å². The molecule has 0 atom stereocenters. The Kier molecular flexibility index (Phi) is 3.55. The molecule has 0 unspecified atom stereocenters. The molecule has 1 amide bonds. The van der Waals surface area contributed by atoms with Gasteiger partial charge >= 0.3 is 0 Å². The lowest BCUT2D eigenvalue weighted by Gasteiger charge is -2.09. The lowest BCUT2D eigenvalue weighted by molar-refractivity contribution is -0.115. The first-order valence-corrected chi connectivity index (χ1v) is 6.76. The number of hydrogen-bond acceptors (Lipinski definition) is 3. The van der Waals surface area contributed by atoms with E-state index < -0.39 is 0 Å². The molecule has 5 nitrogen and oxygen atoms in total. The van der Waals surface area contributed by atoms with Crippen LogP contribution in [0.5, 0.6) is 11.5 Å². The van der Waals surface area contributed by atoms with Gasteiger partial charge in [-0.15, -0.1) is 0 Å². The molecule has 0 fully saturated rings. The number of pyridine rings is 1. The SMILES string of the molecule is CCC(=O)Nc1cccc(Oc2ccnc3[nH]ccc23)c1. The zero-order valence-electron chi connectivity index (χ0n) is 11.6. The molecular weight excluding hydrogens is 266 g/mol. The summed E-state index contributed by atoms with van der Waals surface area (Å²) in [5.74, 6) is 1.36. The first-order chi connectivity index (χ1) is 10.3. The van der Waals surface area contributed by atoms with E-state index in [9.17, 15) is 4.79 Å². The first kappa shape index (κ1) is 13.2. The van der Waals surface area contributed by atoms with Crippen molar-refractivity contribution >= 4 is 22.6 Å². The van der Waals surface area contributed by atoms with Gasteiger partial charge in [0.25, 0.3) is 0 Å². The van der Waals surface area contributed by atoms with Crippen molar-refractivity contribution in [2.24, 2.45) is 0 Å². The van der Waals surface area contributed by atoms with Crippen LogP contribution < -0.4 is 10.1 Å². The Morgan fingerprint density at radius 2 is 2.24 bits per heavy atom. The minimum atomic E-state index is -0.0240. The number of fused-ring (bicyclic) bond motifs is 1. The fraction of sp³-hybridized carbons (Fsp3) is 0.125. The van der Waals surface area contributed by atoms with Crippen LogP contribution in [0.1, 0.15) is 13.3 Å². The Labute approximate surface area is 122 Å². The first-order valence-electron chi connectivity index (χ1n) is 6.76. The second-order valence-electron chi connectivity index (χ2n) is 4.58. The Morgan fingerprint density at radius 1 is 1.33 bits per heavy atom. The second-order valence-corrected chi connectivity index (χ2v) is 4.58. The van der Waals surface area contributed by atoms with Gasteiger partial charge in [0, 0.05) is 30.6 Å². The van der Waals surface area contributed by atoms with Gasteiger partial charge in [-0.3, -0.25) is 4.79 Å². The topological polar surface area (TPSA) is 67.0 Å². The van der Waals surface area contributed by atoms with E-state index in [0.717, 1.165) is 22.5 Å². The molecule has 2 aromatic heterocycles. The number of rotatable bonds is 4. The number of ether oxygens (including phenoxy) is 1. The van der Waals surface area contributed by atoms with Crippen LogP contribution in [0.3, 0.4) is 0 Å². The van der Waals surface area contributed by atoms with Crippen molar-refractivity contribution in [3.8, 4) is 11.5 Å². The van der Waals surface area contributed by atoms with E-state index in [1.54, 1.807) is 12.3 Å². The third-order valence-corrected chi connectivity index (χ3v) is 3.09. The Balaban J connectivity index is 1.86. The van der Waals surface area contributed by atoms with Crippen LogP contribution in [0.15, 0.2) is 48.8 Å². The van der Waals surface area contributed by atoms with Gasteiger partial charge in [-0.05, 0) is 24.3 Å². The number of anilines is 1. The van der Waals surface area contributed by atoms with Gasteiger partial charge in [-0.1, -0.05) is 13.0 Å². The molecule has 3 rings (SSSR count). The summed E-state index contributed by atoms with van der Waals surface area (Å²) in [5.41, 5.74) is 1.50. The van der Waals surface area contributed by atoms with Crippen molar-refractivity contribution in [3.05, 3.63) is 48.8 Å². The lowest BCUT2D eigenvalue weighted by Crippen LogP contribution is -2.09. The van der Waals surface area contributed by atoms with E-state index >= 15 is 0 Å². The molecule has 0 aliphatic carbocycles. The van der Waals surface area contributed by atoms with E-state index in [4.69, 9.17) is 4.74 Å². The maximum Gasteiger partial charge on any atom is 0.224 e. The van der Waals surface area contributed by atoms with E-state index in [2.05, 4.69) is 15.3 Å². The van der Waals surface area contributed by atoms with Crippen LogP contribution in [0, 0.1) is 0 Å². The average Bonchev–Trinajstić information content (AvgIpc) is 2.97. The van der Waals surface area contributed by atoms with E-state index in [0.29, 0.717) is 12.2 Å². The number of carbonyl (C=O) groups is 1. The maximum absolute atomic E-state index is 11.4. The molecule has 21 heavy (non-hydrogen) atoms. The van der Waals surface area contributed by atoms with Crippen molar-refractivity contribution in [2.75, 3.05) is 5.32 Å². The number of benzene rings is 1. The van der Waals surface area contributed by atoms with Crippen molar-refractivity contribution in [1.82, 2.24) is 9.97 Å². The molecule has 0 saturated heterocycles. The minimum absolute atomic E-state index is 0.0240. The highest BCUT2D eigenvalue weighted by atomic mass is 16.5. The van der Waals surface area contributed by atoms with Crippen LogP contribution in [-0.4, -0.2) is 15.9 Å². The summed E-state index contributed by atoms with van der Waals surface area (Å²) >= 11 is 0. The number of hydrogen-bond donors (Lipinski definition) is 2. The highest BCUT2D eigenvalue weighted by molar-refractivity contribution is 5.90. The van der Waals surface area contributed by atoms with Gasteiger partial charge in [0.05, 0.1) is 5.39 Å². The molecule has 1 aromatic carbocycles. The summed E-state index contributed by atoms with van der Waals surface area (Å²) in [5, 5.41) is 3.73. The Hall–Kier alpha value is -2.82. The van der Waals surface area contributed by atoms with Gasteiger partial charge < -0.3 is 15.0 Å². The van der Waals surface area contributed by atoms with Crippen molar-refractivity contribution in [2.45, 2.75) is 13.3 Å². The third-order valence-electron chi connectivity index (χ3n) is 3.09. The molecule has 2 heterocycles. The largest absolute Gasteiger partial charge is 0.456 e. The second kappa shape index (κ2) is 5.66. The molecule has 3 aromatic rings. The highest BCUT2D eigenvalue weighted by Gasteiger charge is 2.06. The zero-order chi connectivity index (χ0) is 14.7. The summed E-state index contributed by atoms with van der Waals surface area (Å²) in [4.78, 5) is 18.7. The van der Waals surface area contributed by atoms with Crippen molar-refractivity contribution in [1.29, 1.82) is 0 Å². The molecule has 0 saturated carbocycles. The van der Waals surface area contributed by atoms with Crippen LogP contribution in [-0.2, 0) is 4.79 Å². The smallest absolute Gasteiger partial charge is 0.224 e. The fourth-order valence-electron chi connectivity index (χ4n) is 2.04. The van der Waals surface area contributed by atoms with Crippen LogP contribution in [0.2, 0.25) is 0 Å². The Morgan fingerprint density at radius 3 is 3.10 bits per heavy atom. The van der Waals surface area contributed by atoms with Gasteiger partial charge in [-0.2, -0.15) is 0 Å². The average molecular weight is 281 g/mol. The predicted octanol–water partition coefficient (Wildman–Crippen LogP) is 3.70.